The Labute approximate surface area is 129 Å². The summed E-state index contributed by atoms with van der Waals surface area (Å²) >= 11 is 11.8. The number of rotatable bonds is 2. The molecular formula is C16H18Cl2O2. The molecule has 0 saturated heterocycles. The van der Waals surface area contributed by atoms with Crippen molar-refractivity contribution >= 4 is 29.2 Å². The predicted octanol–water partition coefficient (Wildman–Crippen LogP) is 4.97. The van der Waals surface area contributed by atoms with E-state index in [-0.39, 0.29) is 12.1 Å². The van der Waals surface area contributed by atoms with Crippen LogP contribution < -0.4 is 0 Å². The largest absolute Gasteiger partial charge is 0.459 e. The first kappa shape index (κ1) is 14.2. The molecule has 0 spiro atoms. The van der Waals surface area contributed by atoms with Crippen LogP contribution in [0.25, 0.3) is 0 Å². The van der Waals surface area contributed by atoms with Gasteiger partial charge in [-0.3, -0.25) is 0 Å². The maximum absolute atomic E-state index is 12.2. The van der Waals surface area contributed by atoms with Crippen molar-refractivity contribution in [1.29, 1.82) is 0 Å². The molecule has 1 aromatic rings. The van der Waals surface area contributed by atoms with Crippen LogP contribution in [0.4, 0.5) is 0 Å². The molecule has 2 fully saturated rings. The predicted molar refractivity (Wildman–Crippen MR) is 80.3 cm³/mol. The molecule has 2 aliphatic rings. The lowest BCUT2D eigenvalue weighted by Gasteiger charge is -2.32. The summed E-state index contributed by atoms with van der Waals surface area (Å²) in [6, 6.07) is 4.83. The molecule has 3 rings (SSSR count). The van der Waals surface area contributed by atoms with Gasteiger partial charge in [0.05, 0.1) is 5.56 Å². The molecule has 1 aromatic carbocycles. The summed E-state index contributed by atoms with van der Waals surface area (Å²) in [6.45, 7) is 2.33. The number of ether oxygens (including phenoxy) is 1. The van der Waals surface area contributed by atoms with E-state index in [1.807, 2.05) is 0 Å². The van der Waals surface area contributed by atoms with Gasteiger partial charge in [0, 0.05) is 10.0 Å². The first-order chi connectivity index (χ1) is 9.52. The van der Waals surface area contributed by atoms with Crippen molar-refractivity contribution in [2.45, 2.75) is 38.7 Å². The number of hydrogen-bond donors (Lipinski definition) is 0. The van der Waals surface area contributed by atoms with Crippen molar-refractivity contribution in [3.8, 4) is 0 Å². The second-order valence-corrected chi connectivity index (χ2v) is 6.99. The molecule has 2 aliphatic carbocycles. The summed E-state index contributed by atoms with van der Waals surface area (Å²) in [5, 5.41) is 0.920. The maximum atomic E-state index is 12.2. The van der Waals surface area contributed by atoms with Gasteiger partial charge in [-0.15, -0.1) is 0 Å². The van der Waals surface area contributed by atoms with E-state index in [1.165, 1.54) is 12.8 Å². The molecule has 4 heteroatoms. The molecule has 0 amide bonds. The van der Waals surface area contributed by atoms with Crippen molar-refractivity contribution in [3.63, 3.8) is 0 Å². The van der Waals surface area contributed by atoms with Gasteiger partial charge in [-0.2, -0.15) is 0 Å². The normalized spacial score (nSPS) is 32.1. The van der Waals surface area contributed by atoms with E-state index >= 15 is 0 Å². The zero-order valence-corrected chi connectivity index (χ0v) is 13.0. The van der Waals surface area contributed by atoms with Crippen molar-refractivity contribution < 1.29 is 9.53 Å². The van der Waals surface area contributed by atoms with Crippen LogP contribution in [0.3, 0.4) is 0 Å². The molecule has 0 aromatic heterocycles. The zero-order valence-electron chi connectivity index (χ0n) is 11.4. The molecule has 2 bridgehead atoms. The Hall–Kier alpha value is -0.730. The zero-order chi connectivity index (χ0) is 14.3. The molecule has 0 N–H and O–H groups in total. The van der Waals surface area contributed by atoms with Gasteiger partial charge in [0.25, 0.3) is 0 Å². The van der Waals surface area contributed by atoms with E-state index in [0.29, 0.717) is 15.6 Å². The summed E-state index contributed by atoms with van der Waals surface area (Å²) in [6.07, 6.45) is 4.61. The van der Waals surface area contributed by atoms with E-state index < -0.39 is 0 Å². The van der Waals surface area contributed by atoms with Gasteiger partial charge >= 0.3 is 5.97 Å². The molecule has 2 saturated carbocycles. The number of fused-ring (bicyclic) bond motifs is 2. The number of esters is 1. The standard InChI is InChI=1S/C16H18Cl2O2/c1-9-10-2-3-11(9)7-15(6-10)20-16(19)12-4-13(17)8-14(18)5-12/h4-5,8-11,15H,2-3,6-7H2,1H3. The molecule has 2 unspecified atom stereocenters. The number of carbonyl (C=O) groups excluding carboxylic acids is 1. The van der Waals surface area contributed by atoms with Gasteiger partial charge in [0.15, 0.2) is 0 Å². The molecule has 0 aliphatic heterocycles. The minimum Gasteiger partial charge on any atom is -0.459 e. The van der Waals surface area contributed by atoms with Gasteiger partial charge in [0.1, 0.15) is 6.10 Å². The Bertz CT molecular complexity index is 495. The van der Waals surface area contributed by atoms with E-state index in [4.69, 9.17) is 27.9 Å². The Morgan fingerprint density at radius 1 is 1.10 bits per heavy atom. The third kappa shape index (κ3) is 2.82. The third-order valence-corrected chi connectivity index (χ3v) is 5.34. The van der Waals surface area contributed by atoms with Gasteiger partial charge < -0.3 is 4.74 Å². The van der Waals surface area contributed by atoms with Crippen LogP contribution in [0.5, 0.6) is 0 Å². The summed E-state index contributed by atoms with van der Waals surface area (Å²) < 4.78 is 5.66. The second kappa shape index (κ2) is 5.57. The fraction of sp³-hybridized carbons (Fsp3) is 0.562. The third-order valence-electron chi connectivity index (χ3n) is 4.90. The summed E-state index contributed by atoms with van der Waals surface area (Å²) in [5.41, 5.74) is 0.438. The number of hydrogen-bond acceptors (Lipinski definition) is 2. The van der Waals surface area contributed by atoms with Crippen LogP contribution in [0.1, 0.15) is 43.0 Å². The first-order valence-electron chi connectivity index (χ1n) is 7.20. The van der Waals surface area contributed by atoms with E-state index in [1.54, 1.807) is 18.2 Å². The first-order valence-corrected chi connectivity index (χ1v) is 7.95. The number of halogens is 2. The highest BCUT2D eigenvalue weighted by Crippen LogP contribution is 2.47. The lowest BCUT2D eigenvalue weighted by Crippen LogP contribution is -2.31. The SMILES string of the molecule is CC1C2CCC1CC(OC(=O)c1cc(Cl)cc(Cl)c1)C2. The van der Waals surface area contributed by atoms with Crippen molar-refractivity contribution in [2.75, 3.05) is 0 Å². The Kier molecular flexibility index (Phi) is 3.96. The van der Waals surface area contributed by atoms with E-state index in [9.17, 15) is 4.79 Å². The lowest BCUT2D eigenvalue weighted by atomic mass is 9.78. The van der Waals surface area contributed by atoms with Crippen LogP contribution >= 0.6 is 23.2 Å². The van der Waals surface area contributed by atoms with Crippen LogP contribution in [-0.4, -0.2) is 12.1 Å². The van der Waals surface area contributed by atoms with E-state index in [2.05, 4.69) is 6.92 Å². The maximum Gasteiger partial charge on any atom is 0.338 e. The quantitative estimate of drug-likeness (QED) is 0.720. The highest BCUT2D eigenvalue weighted by atomic mass is 35.5. The summed E-state index contributed by atoms with van der Waals surface area (Å²) in [5.74, 6) is 1.91. The van der Waals surface area contributed by atoms with Crippen molar-refractivity contribution in [3.05, 3.63) is 33.8 Å². The average Bonchev–Trinajstić information content (AvgIpc) is 2.61. The highest BCUT2D eigenvalue weighted by molar-refractivity contribution is 6.35. The van der Waals surface area contributed by atoms with Crippen LogP contribution in [0.2, 0.25) is 10.0 Å². The second-order valence-electron chi connectivity index (χ2n) is 6.11. The summed E-state index contributed by atoms with van der Waals surface area (Å²) in [4.78, 5) is 12.2. The Balaban J connectivity index is 1.67. The van der Waals surface area contributed by atoms with Gasteiger partial charge in [0.2, 0.25) is 0 Å². The average molecular weight is 313 g/mol. The van der Waals surface area contributed by atoms with Crippen molar-refractivity contribution in [2.24, 2.45) is 17.8 Å². The fourth-order valence-electron chi connectivity index (χ4n) is 3.76. The highest BCUT2D eigenvalue weighted by Gasteiger charge is 2.41. The topological polar surface area (TPSA) is 26.3 Å². The van der Waals surface area contributed by atoms with Gasteiger partial charge in [-0.1, -0.05) is 30.1 Å². The fourth-order valence-corrected chi connectivity index (χ4v) is 4.29. The molecule has 2 nitrogen and oxygen atoms in total. The van der Waals surface area contributed by atoms with Gasteiger partial charge in [-0.05, 0) is 61.6 Å². The van der Waals surface area contributed by atoms with Crippen molar-refractivity contribution in [1.82, 2.24) is 0 Å². The molecule has 108 valence electrons. The minimum atomic E-state index is -0.312. The number of benzene rings is 1. The Morgan fingerprint density at radius 3 is 2.20 bits per heavy atom. The molecule has 0 heterocycles. The molecule has 2 atom stereocenters. The molecular weight excluding hydrogens is 295 g/mol. The smallest absolute Gasteiger partial charge is 0.338 e. The molecule has 20 heavy (non-hydrogen) atoms. The monoisotopic (exact) mass is 312 g/mol. The lowest BCUT2D eigenvalue weighted by molar-refractivity contribution is 0.00418. The van der Waals surface area contributed by atoms with Crippen LogP contribution in [0, 0.1) is 17.8 Å². The van der Waals surface area contributed by atoms with Crippen LogP contribution in [0.15, 0.2) is 18.2 Å². The number of carbonyl (C=O) groups is 1. The van der Waals surface area contributed by atoms with Gasteiger partial charge in [-0.25, -0.2) is 4.79 Å². The molecule has 0 radical (unpaired) electrons. The van der Waals surface area contributed by atoms with E-state index in [0.717, 1.165) is 30.6 Å². The van der Waals surface area contributed by atoms with Crippen LogP contribution in [-0.2, 0) is 4.74 Å². The summed E-state index contributed by atoms with van der Waals surface area (Å²) in [7, 11) is 0. The Morgan fingerprint density at radius 2 is 1.65 bits per heavy atom. The minimum absolute atomic E-state index is 0.0500.